The van der Waals surface area contributed by atoms with Crippen LogP contribution in [0.2, 0.25) is 0 Å². The Bertz CT molecular complexity index is 492. The zero-order valence-corrected chi connectivity index (χ0v) is 9.49. The van der Waals surface area contributed by atoms with Crippen molar-refractivity contribution in [1.82, 2.24) is 0 Å². The molecule has 1 rings (SSSR count). The molecule has 0 unspecified atom stereocenters. The molecule has 0 fully saturated rings. The second kappa shape index (κ2) is 5.09. The van der Waals surface area contributed by atoms with Gasteiger partial charge in [0.2, 0.25) is 0 Å². The highest BCUT2D eigenvalue weighted by molar-refractivity contribution is 5.47. The maximum atomic E-state index is 10.7. The van der Waals surface area contributed by atoms with Gasteiger partial charge in [0.1, 0.15) is 9.85 Å². The summed E-state index contributed by atoms with van der Waals surface area (Å²) in [5.41, 5.74) is -1.37. The fourth-order valence-corrected chi connectivity index (χ4v) is 1.13. The Morgan fingerprint density at radius 2 is 1.78 bits per heavy atom. The first kappa shape index (κ1) is 13.4. The van der Waals surface area contributed by atoms with Crippen molar-refractivity contribution < 1.29 is 9.85 Å². The molecule has 0 atom stereocenters. The number of nitriles is 1. The Morgan fingerprint density at radius 3 is 2.17 bits per heavy atom. The molecule has 0 bridgehead atoms. The van der Waals surface area contributed by atoms with Crippen LogP contribution in [0.15, 0.2) is 24.3 Å². The number of nitrogens with one attached hydrogen (secondary N) is 1. The molecule has 0 radical (unpaired) electrons. The predicted octanol–water partition coefficient (Wildman–Crippen LogP) is 1.24. The number of hydrogen-bond donors (Lipinski definition) is 1. The van der Waals surface area contributed by atoms with Crippen LogP contribution in [0.25, 0.3) is 0 Å². The van der Waals surface area contributed by atoms with Crippen molar-refractivity contribution in [1.29, 1.82) is 5.26 Å². The van der Waals surface area contributed by atoms with Gasteiger partial charge in [-0.3, -0.25) is 20.2 Å². The van der Waals surface area contributed by atoms with Gasteiger partial charge in [0.15, 0.2) is 6.54 Å². The lowest BCUT2D eigenvalue weighted by Gasteiger charge is -2.13. The van der Waals surface area contributed by atoms with E-state index in [0.29, 0.717) is 11.3 Å². The lowest BCUT2D eigenvalue weighted by molar-refractivity contribution is -0.787. The van der Waals surface area contributed by atoms with Gasteiger partial charge in [0, 0.05) is 5.69 Å². The third-order valence-corrected chi connectivity index (χ3v) is 2.43. The van der Waals surface area contributed by atoms with Gasteiger partial charge in [-0.2, -0.15) is 5.26 Å². The van der Waals surface area contributed by atoms with Gasteiger partial charge in [0.25, 0.3) is 0 Å². The topological polar surface area (TPSA) is 122 Å². The molecular weight excluding hydrogens is 240 g/mol. The first-order valence-electron chi connectivity index (χ1n) is 4.93. The lowest BCUT2D eigenvalue weighted by atomic mass is 10.2. The largest absolute Gasteiger partial charge is 0.472 e. The minimum atomic E-state index is -2.28. The summed E-state index contributed by atoms with van der Waals surface area (Å²) >= 11 is 0. The second-order valence-electron chi connectivity index (χ2n) is 3.77. The summed E-state index contributed by atoms with van der Waals surface area (Å²) in [6.07, 6.45) is 0. The number of nitrogens with zero attached hydrogens (tertiary/aromatic N) is 3. The van der Waals surface area contributed by atoms with E-state index in [1.165, 1.54) is 24.3 Å². The lowest BCUT2D eigenvalue weighted by Crippen LogP contribution is -2.48. The quantitative estimate of drug-likeness (QED) is 0.476. The van der Waals surface area contributed by atoms with Crippen molar-refractivity contribution in [3.05, 3.63) is 50.1 Å². The molecule has 1 aromatic carbocycles. The monoisotopic (exact) mass is 250 g/mol. The van der Waals surface area contributed by atoms with E-state index in [0.717, 1.165) is 6.92 Å². The predicted molar refractivity (Wildman–Crippen MR) is 62.0 cm³/mol. The van der Waals surface area contributed by atoms with E-state index in [9.17, 15) is 20.2 Å². The number of benzene rings is 1. The molecule has 94 valence electrons. The van der Waals surface area contributed by atoms with E-state index in [1.54, 1.807) is 0 Å². The summed E-state index contributed by atoms with van der Waals surface area (Å²) in [5.74, 6) is 0. The van der Waals surface area contributed by atoms with Crippen LogP contribution in [0.4, 0.5) is 5.69 Å². The van der Waals surface area contributed by atoms with E-state index < -0.39 is 22.1 Å². The molecular formula is C10H10N4O4. The standard InChI is InChI=1S/C10H10N4O4/c1-10(13(15)16,14(17)18)7-12-9-4-2-8(6-11)3-5-9/h2-5,12H,7H2,1H3. The normalized spacial score (nSPS) is 10.4. The minimum absolute atomic E-state index is 0.437. The Balaban J connectivity index is 2.77. The minimum Gasteiger partial charge on any atom is -0.372 e. The second-order valence-corrected chi connectivity index (χ2v) is 3.77. The molecule has 8 nitrogen and oxygen atoms in total. The zero-order valence-electron chi connectivity index (χ0n) is 9.49. The molecule has 0 aliphatic rings. The van der Waals surface area contributed by atoms with Crippen LogP contribution in [0.3, 0.4) is 0 Å². The molecule has 0 saturated carbocycles. The van der Waals surface area contributed by atoms with Crippen molar-refractivity contribution in [3.63, 3.8) is 0 Å². The van der Waals surface area contributed by atoms with Crippen LogP contribution in [0.5, 0.6) is 0 Å². The average molecular weight is 250 g/mol. The summed E-state index contributed by atoms with van der Waals surface area (Å²) in [5, 5.41) is 32.5. The third kappa shape index (κ3) is 2.70. The number of rotatable bonds is 5. The van der Waals surface area contributed by atoms with Gasteiger partial charge in [0.05, 0.1) is 18.6 Å². The highest BCUT2D eigenvalue weighted by atomic mass is 16.7. The highest BCUT2D eigenvalue weighted by Crippen LogP contribution is 2.14. The molecule has 0 aliphatic heterocycles. The average Bonchev–Trinajstić information content (AvgIpc) is 2.36. The van der Waals surface area contributed by atoms with Gasteiger partial charge in [-0.05, 0) is 24.3 Å². The molecule has 0 saturated heterocycles. The zero-order chi connectivity index (χ0) is 13.8. The molecule has 18 heavy (non-hydrogen) atoms. The maximum absolute atomic E-state index is 10.7. The summed E-state index contributed by atoms with van der Waals surface area (Å²) < 4.78 is 0. The number of hydrogen-bond acceptors (Lipinski definition) is 6. The van der Waals surface area contributed by atoms with Gasteiger partial charge in [-0.25, -0.2) is 0 Å². The summed E-state index contributed by atoms with van der Waals surface area (Å²) in [6.45, 7) is 0.489. The fourth-order valence-electron chi connectivity index (χ4n) is 1.13. The first-order chi connectivity index (χ1) is 8.40. The third-order valence-electron chi connectivity index (χ3n) is 2.43. The van der Waals surface area contributed by atoms with Crippen molar-refractivity contribution in [3.8, 4) is 6.07 Å². The molecule has 0 heterocycles. The molecule has 0 aromatic heterocycles. The molecule has 0 amide bonds. The molecule has 1 N–H and O–H groups in total. The van der Waals surface area contributed by atoms with E-state index in [-0.39, 0.29) is 0 Å². The van der Waals surface area contributed by atoms with E-state index in [1.807, 2.05) is 6.07 Å². The Morgan fingerprint density at radius 1 is 1.28 bits per heavy atom. The molecule has 8 heteroatoms. The fraction of sp³-hybridized carbons (Fsp3) is 0.300. The van der Waals surface area contributed by atoms with Crippen LogP contribution in [0, 0.1) is 31.6 Å². The van der Waals surface area contributed by atoms with Crippen molar-refractivity contribution in [2.75, 3.05) is 11.9 Å². The van der Waals surface area contributed by atoms with E-state index in [2.05, 4.69) is 5.32 Å². The summed E-state index contributed by atoms with van der Waals surface area (Å²) in [6, 6.07) is 8.00. The Labute approximate surface area is 102 Å². The maximum Gasteiger partial charge on any atom is 0.472 e. The van der Waals surface area contributed by atoms with Gasteiger partial charge in [-0.15, -0.1) is 0 Å². The Hall–Kier alpha value is -2.69. The highest BCUT2D eigenvalue weighted by Gasteiger charge is 2.50. The van der Waals surface area contributed by atoms with Crippen LogP contribution in [0.1, 0.15) is 12.5 Å². The van der Waals surface area contributed by atoms with Crippen molar-refractivity contribution >= 4 is 5.69 Å². The summed E-state index contributed by atoms with van der Waals surface area (Å²) in [7, 11) is 0. The van der Waals surface area contributed by atoms with Gasteiger partial charge < -0.3 is 5.32 Å². The van der Waals surface area contributed by atoms with Crippen LogP contribution < -0.4 is 5.32 Å². The Kier molecular flexibility index (Phi) is 3.78. The number of nitro groups is 2. The van der Waals surface area contributed by atoms with Crippen LogP contribution in [-0.2, 0) is 0 Å². The summed E-state index contributed by atoms with van der Waals surface area (Å²) in [4.78, 5) is 19.4. The SMILES string of the molecule is CC(CNc1ccc(C#N)cc1)([N+](=O)[O-])[N+](=O)[O-]. The van der Waals surface area contributed by atoms with Crippen LogP contribution >= 0.6 is 0 Å². The number of anilines is 1. The van der Waals surface area contributed by atoms with E-state index >= 15 is 0 Å². The first-order valence-corrected chi connectivity index (χ1v) is 4.93. The molecule has 1 aromatic rings. The van der Waals surface area contributed by atoms with Crippen molar-refractivity contribution in [2.24, 2.45) is 0 Å². The van der Waals surface area contributed by atoms with Crippen LogP contribution in [-0.4, -0.2) is 22.1 Å². The molecule has 0 aliphatic carbocycles. The van der Waals surface area contributed by atoms with Crippen molar-refractivity contribution in [2.45, 2.75) is 12.6 Å². The van der Waals surface area contributed by atoms with Gasteiger partial charge in [-0.1, -0.05) is 0 Å². The smallest absolute Gasteiger partial charge is 0.372 e. The molecule has 0 spiro atoms. The van der Waals surface area contributed by atoms with Gasteiger partial charge >= 0.3 is 5.66 Å². The van der Waals surface area contributed by atoms with E-state index in [4.69, 9.17) is 5.26 Å².